The van der Waals surface area contributed by atoms with E-state index < -0.39 is 10.0 Å². The lowest BCUT2D eigenvalue weighted by Crippen LogP contribution is -2.32. The minimum Gasteiger partial charge on any atom is -0.490 e. The molecule has 0 aliphatic carbocycles. The molecule has 2 N–H and O–H groups in total. The summed E-state index contributed by atoms with van der Waals surface area (Å²) in [6.45, 7) is 6.28. The van der Waals surface area contributed by atoms with Gasteiger partial charge in [-0.2, -0.15) is 0 Å². The van der Waals surface area contributed by atoms with Crippen LogP contribution < -0.4 is 19.5 Å². The molecule has 0 spiro atoms. The molecule has 0 bridgehead atoms. The first-order valence-electron chi connectivity index (χ1n) is 11.4. The molecule has 3 aromatic rings. The van der Waals surface area contributed by atoms with Crippen LogP contribution in [0.25, 0.3) is 0 Å². The summed E-state index contributed by atoms with van der Waals surface area (Å²) in [4.78, 5) is 17.1. The Bertz CT molecular complexity index is 1230. The summed E-state index contributed by atoms with van der Waals surface area (Å²) >= 11 is 0. The van der Waals surface area contributed by atoms with Gasteiger partial charge in [0.25, 0.3) is 5.91 Å². The summed E-state index contributed by atoms with van der Waals surface area (Å²) in [6.07, 6.45) is 1.70. The Kier molecular flexibility index (Phi) is 9.22. The van der Waals surface area contributed by atoms with Gasteiger partial charge < -0.3 is 14.8 Å². The Hall–Kier alpha value is -3.43. The molecular formula is C26H31N3O5S. The van der Waals surface area contributed by atoms with Crippen LogP contribution in [-0.4, -0.2) is 32.0 Å². The number of pyridine rings is 1. The fraction of sp³-hybridized carbons (Fsp3) is 0.308. The van der Waals surface area contributed by atoms with Gasteiger partial charge in [-0.05, 0) is 62.2 Å². The Morgan fingerprint density at radius 1 is 0.971 bits per heavy atom. The molecule has 8 nitrogen and oxygen atoms in total. The van der Waals surface area contributed by atoms with Gasteiger partial charge >= 0.3 is 0 Å². The van der Waals surface area contributed by atoms with Gasteiger partial charge in [-0.1, -0.05) is 30.3 Å². The van der Waals surface area contributed by atoms with E-state index in [1.54, 1.807) is 56.4 Å². The second kappa shape index (κ2) is 12.3. The number of rotatable bonds is 12. The third kappa shape index (κ3) is 8.08. The van der Waals surface area contributed by atoms with Gasteiger partial charge in [0.2, 0.25) is 10.0 Å². The predicted octanol–water partition coefficient (Wildman–Crippen LogP) is 3.82. The van der Waals surface area contributed by atoms with Crippen molar-refractivity contribution in [1.29, 1.82) is 0 Å². The van der Waals surface area contributed by atoms with Gasteiger partial charge in [-0.3, -0.25) is 9.78 Å². The highest BCUT2D eigenvalue weighted by Crippen LogP contribution is 2.29. The average Bonchev–Trinajstić information content (AvgIpc) is 2.82. The number of hydrogen-bond donors (Lipinski definition) is 2. The van der Waals surface area contributed by atoms with Gasteiger partial charge in [0.1, 0.15) is 6.61 Å². The van der Waals surface area contributed by atoms with Crippen molar-refractivity contribution in [1.82, 2.24) is 15.0 Å². The highest BCUT2D eigenvalue weighted by atomic mass is 32.2. The molecule has 0 saturated heterocycles. The maximum atomic E-state index is 12.9. The molecule has 186 valence electrons. The fourth-order valence-corrected chi connectivity index (χ4v) is 4.92. The average molecular weight is 498 g/mol. The van der Waals surface area contributed by atoms with Crippen LogP contribution in [0, 0.1) is 0 Å². The topological polar surface area (TPSA) is 107 Å². The number of carbonyl (C=O) groups is 1. The second-order valence-electron chi connectivity index (χ2n) is 8.19. The smallest absolute Gasteiger partial charge is 0.251 e. The van der Waals surface area contributed by atoms with Crippen LogP contribution in [-0.2, 0) is 28.9 Å². The van der Waals surface area contributed by atoms with Crippen LogP contribution in [0.1, 0.15) is 48.0 Å². The van der Waals surface area contributed by atoms with E-state index >= 15 is 0 Å². The van der Waals surface area contributed by atoms with Gasteiger partial charge in [-0.25, -0.2) is 13.1 Å². The van der Waals surface area contributed by atoms with Crippen LogP contribution in [0.4, 0.5) is 0 Å². The second-order valence-corrected chi connectivity index (χ2v) is 9.94. The lowest BCUT2D eigenvalue weighted by molar-refractivity contribution is 0.0950. The van der Waals surface area contributed by atoms with E-state index in [4.69, 9.17) is 9.47 Å². The molecule has 0 unspecified atom stereocenters. The number of carbonyl (C=O) groups excluding carboxylic acids is 1. The number of nitrogens with zero attached hydrogens (tertiary/aromatic N) is 1. The SMILES string of the molecule is CCOc1cc(C(=O)NCc2ccccc2CS(=O)(=O)NC(C)C)ccc1OCc1ccccn1. The summed E-state index contributed by atoms with van der Waals surface area (Å²) < 4.78 is 38.9. The highest BCUT2D eigenvalue weighted by molar-refractivity contribution is 7.88. The van der Waals surface area contributed by atoms with E-state index in [0.29, 0.717) is 29.2 Å². The Balaban J connectivity index is 1.68. The Labute approximate surface area is 206 Å². The zero-order valence-electron chi connectivity index (χ0n) is 20.2. The molecule has 0 saturated carbocycles. The van der Waals surface area contributed by atoms with E-state index in [1.807, 2.05) is 31.2 Å². The Morgan fingerprint density at radius 3 is 2.40 bits per heavy atom. The first kappa shape index (κ1) is 26.2. The van der Waals surface area contributed by atoms with Crippen molar-refractivity contribution >= 4 is 15.9 Å². The van der Waals surface area contributed by atoms with Gasteiger partial charge in [-0.15, -0.1) is 0 Å². The molecule has 3 rings (SSSR count). The maximum absolute atomic E-state index is 12.9. The summed E-state index contributed by atoms with van der Waals surface area (Å²) in [6, 6.07) is 17.5. The highest BCUT2D eigenvalue weighted by Gasteiger charge is 2.17. The lowest BCUT2D eigenvalue weighted by atomic mass is 10.1. The number of nitrogens with one attached hydrogen (secondary N) is 2. The molecule has 35 heavy (non-hydrogen) atoms. The predicted molar refractivity (Wildman–Crippen MR) is 135 cm³/mol. The van der Waals surface area contributed by atoms with E-state index in [1.165, 1.54) is 0 Å². The first-order valence-corrected chi connectivity index (χ1v) is 13.1. The largest absolute Gasteiger partial charge is 0.490 e. The van der Waals surface area contributed by atoms with Gasteiger partial charge in [0.05, 0.1) is 18.1 Å². The molecule has 0 radical (unpaired) electrons. The van der Waals surface area contributed by atoms with Crippen molar-refractivity contribution in [2.75, 3.05) is 6.61 Å². The lowest BCUT2D eigenvalue weighted by Gasteiger charge is -2.15. The summed E-state index contributed by atoms with van der Waals surface area (Å²) in [5.41, 5.74) is 2.55. The number of benzene rings is 2. The number of sulfonamides is 1. The van der Waals surface area contributed by atoms with Crippen molar-refractivity contribution in [3.05, 3.63) is 89.2 Å². The molecule has 0 atom stereocenters. The van der Waals surface area contributed by atoms with Crippen LogP contribution in [0.3, 0.4) is 0 Å². The van der Waals surface area contributed by atoms with Crippen molar-refractivity contribution in [3.8, 4) is 11.5 Å². The quantitative estimate of drug-likeness (QED) is 0.394. The van der Waals surface area contributed by atoms with Crippen molar-refractivity contribution in [2.24, 2.45) is 0 Å². The molecular weight excluding hydrogens is 466 g/mol. The summed E-state index contributed by atoms with van der Waals surface area (Å²) in [5.74, 6) is 0.512. The van der Waals surface area contributed by atoms with Crippen molar-refractivity contribution in [2.45, 2.75) is 45.7 Å². The van der Waals surface area contributed by atoms with Crippen LogP contribution in [0.2, 0.25) is 0 Å². The minimum atomic E-state index is -3.49. The van der Waals surface area contributed by atoms with Crippen molar-refractivity contribution in [3.63, 3.8) is 0 Å². The van der Waals surface area contributed by atoms with E-state index in [9.17, 15) is 13.2 Å². The zero-order valence-corrected chi connectivity index (χ0v) is 21.0. The number of amides is 1. The third-order valence-corrected chi connectivity index (χ3v) is 6.45. The number of hydrogen-bond acceptors (Lipinski definition) is 6. The maximum Gasteiger partial charge on any atom is 0.251 e. The molecule has 0 fully saturated rings. The molecule has 1 aromatic heterocycles. The van der Waals surface area contributed by atoms with Crippen LogP contribution >= 0.6 is 0 Å². The van der Waals surface area contributed by atoms with E-state index in [2.05, 4.69) is 15.0 Å². The summed E-state index contributed by atoms with van der Waals surface area (Å²) in [7, 11) is -3.49. The molecule has 9 heteroatoms. The van der Waals surface area contributed by atoms with Crippen LogP contribution in [0.5, 0.6) is 11.5 Å². The molecule has 0 aliphatic heterocycles. The molecule has 1 heterocycles. The van der Waals surface area contributed by atoms with Crippen LogP contribution in [0.15, 0.2) is 66.9 Å². The Morgan fingerprint density at radius 2 is 1.71 bits per heavy atom. The number of ether oxygens (including phenoxy) is 2. The van der Waals surface area contributed by atoms with Gasteiger partial charge in [0, 0.05) is 24.3 Å². The molecule has 2 aromatic carbocycles. The molecule has 1 amide bonds. The van der Waals surface area contributed by atoms with Crippen molar-refractivity contribution < 1.29 is 22.7 Å². The van der Waals surface area contributed by atoms with E-state index in [-0.39, 0.29) is 30.9 Å². The number of aromatic nitrogens is 1. The zero-order chi connectivity index (χ0) is 25.3. The monoisotopic (exact) mass is 497 g/mol. The van der Waals surface area contributed by atoms with Gasteiger partial charge in [0.15, 0.2) is 11.5 Å². The fourth-order valence-electron chi connectivity index (χ4n) is 3.43. The molecule has 0 aliphatic rings. The normalized spacial score (nSPS) is 11.3. The third-order valence-electron chi connectivity index (χ3n) is 4.93. The first-order chi connectivity index (χ1) is 16.8. The minimum absolute atomic E-state index is 0.159. The summed E-state index contributed by atoms with van der Waals surface area (Å²) in [5, 5.41) is 2.87. The standard InChI is InChI=1S/C26H31N3O5S/c1-4-33-25-15-20(12-13-24(25)34-17-23-11-7-8-14-27-23)26(30)28-16-21-9-5-6-10-22(21)18-35(31,32)29-19(2)3/h5-15,19,29H,4,16-18H2,1-3H3,(H,28,30). The van der Waals surface area contributed by atoms with E-state index in [0.717, 1.165) is 11.3 Å².